The van der Waals surface area contributed by atoms with Crippen molar-refractivity contribution in [1.82, 2.24) is 4.98 Å². The lowest BCUT2D eigenvalue weighted by atomic mass is 9.93. The molecule has 37 heavy (non-hydrogen) atoms. The maximum Gasteiger partial charge on any atom is 0.301 e. The number of rotatable bonds is 3. The zero-order valence-electron chi connectivity index (χ0n) is 20.1. The number of aromatic hydroxyl groups is 1. The molecule has 0 saturated carbocycles. The summed E-state index contributed by atoms with van der Waals surface area (Å²) in [6, 6.07) is 22.4. The van der Waals surface area contributed by atoms with E-state index in [1.807, 2.05) is 56.3 Å². The molecule has 0 spiro atoms. The molecule has 5 aromatic rings. The van der Waals surface area contributed by atoms with E-state index >= 15 is 0 Å². The largest absolute Gasteiger partial charge is 0.508 e. The molecule has 6 nitrogen and oxygen atoms in total. The number of ketones is 1. The van der Waals surface area contributed by atoms with E-state index in [2.05, 4.69) is 0 Å². The highest BCUT2D eigenvalue weighted by Gasteiger charge is 2.48. The zero-order chi connectivity index (χ0) is 25.8. The maximum absolute atomic E-state index is 13.5. The number of phenols is 1. The van der Waals surface area contributed by atoms with E-state index in [-0.39, 0.29) is 17.1 Å². The number of amides is 1. The molecular formula is C30H22N2O4S. The first kappa shape index (κ1) is 22.9. The van der Waals surface area contributed by atoms with Gasteiger partial charge in [-0.15, -0.1) is 0 Å². The summed E-state index contributed by atoms with van der Waals surface area (Å²) in [5.74, 6) is -1.73. The Morgan fingerprint density at radius 2 is 1.62 bits per heavy atom. The van der Waals surface area contributed by atoms with Crippen molar-refractivity contribution in [2.75, 3.05) is 4.90 Å². The van der Waals surface area contributed by atoms with Crippen LogP contribution in [0.2, 0.25) is 0 Å². The predicted octanol–water partition coefficient (Wildman–Crippen LogP) is 6.40. The molecule has 6 rings (SSSR count). The van der Waals surface area contributed by atoms with Crippen molar-refractivity contribution < 1.29 is 19.8 Å². The smallest absolute Gasteiger partial charge is 0.301 e. The molecule has 0 aliphatic carbocycles. The van der Waals surface area contributed by atoms with Gasteiger partial charge in [0.15, 0.2) is 5.13 Å². The minimum atomic E-state index is -0.915. The number of aryl methyl sites for hydroxylation is 2. The number of aromatic nitrogens is 1. The highest BCUT2D eigenvalue weighted by Crippen LogP contribution is 2.45. The van der Waals surface area contributed by atoms with Crippen LogP contribution < -0.4 is 4.90 Å². The second kappa shape index (κ2) is 8.57. The number of phenolic OH excluding ortho intramolecular Hbond substituents is 1. The van der Waals surface area contributed by atoms with Gasteiger partial charge in [-0.2, -0.15) is 0 Å². The number of carbonyl (C=O) groups is 2. The van der Waals surface area contributed by atoms with Gasteiger partial charge in [0.2, 0.25) is 0 Å². The molecule has 1 aliphatic heterocycles. The Labute approximate surface area is 216 Å². The van der Waals surface area contributed by atoms with Crippen LogP contribution in [-0.2, 0) is 9.59 Å². The van der Waals surface area contributed by atoms with Crippen LogP contribution in [0, 0.1) is 13.8 Å². The van der Waals surface area contributed by atoms with Gasteiger partial charge < -0.3 is 10.2 Å². The van der Waals surface area contributed by atoms with Gasteiger partial charge in [0.1, 0.15) is 11.5 Å². The fourth-order valence-electron chi connectivity index (χ4n) is 4.85. The number of aliphatic hydroxyl groups excluding tert-OH is 1. The lowest BCUT2D eigenvalue weighted by Gasteiger charge is -2.23. The first-order valence-electron chi connectivity index (χ1n) is 11.8. The van der Waals surface area contributed by atoms with Crippen LogP contribution in [-0.4, -0.2) is 26.9 Å². The third kappa shape index (κ3) is 3.67. The fraction of sp³-hybridized carbons (Fsp3) is 0.100. The Bertz CT molecular complexity index is 1720. The van der Waals surface area contributed by atoms with Gasteiger partial charge in [0.25, 0.3) is 5.78 Å². The topological polar surface area (TPSA) is 90.7 Å². The monoisotopic (exact) mass is 506 g/mol. The number of thiazole rings is 1. The van der Waals surface area contributed by atoms with E-state index in [4.69, 9.17) is 4.98 Å². The molecule has 0 radical (unpaired) electrons. The number of Topliss-reactive ketones (excluding diaryl/α,β-unsaturated/α-hetero) is 1. The SMILES string of the molecule is Cc1cc2nc(N3C(=O)C(=O)/C(=C(/O)c4cccc5ccccc45)C3c3ccc(O)cc3)sc2cc1C. The van der Waals surface area contributed by atoms with E-state index in [0.29, 0.717) is 16.3 Å². The molecule has 1 aliphatic rings. The van der Waals surface area contributed by atoms with Gasteiger partial charge >= 0.3 is 5.91 Å². The van der Waals surface area contributed by atoms with Crippen LogP contribution in [0.15, 0.2) is 84.4 Å². The quantitative estimate of drug-likeness (QED) is 0.168. The summed E-state index contributed by atoms with van der Waals surface area (Å²) >= 11 is 1.33. The summed E-state index contributed by atoms with van der Waals surface area (Å²) in [7, 11) is 0. The summed E-state index contributed by atoms with van der Waals surface area (Å²) < 4.78 is 0.901. The van der Waals surface area contributed by atoms with Gasteiger partial charge in [0, 0.05) is 5.56 Å². The second-order valence-electron chi connectivity index (χ2n) is 9.19. The molecule has 1 saturated heterocycles. The number of anilines is 1. The average molecular weight is 507 g/mol. The number of aliphatic hydroxyl groups is 1. The second-order valence-corrected chi connectivity index (χ2v) is 10.2. The minimum absolute atomic E-state index is 0.0151. The Morgan fingerprint density at radius 3 is 2.41 bits per heavy atom. The van der Waals surface area contributed by atoms with E-state index in [0.717, 1.165) is 32.1 Å². The molecule has 1 unspecified atom stereocenters. The number of nitrogens with zero attached hydrogens (tertiary/aromatic N) is 2. The Morgan fingerprint density at radius 1 is 0.919 bits per heavy atom. The van der Waals surface area contributed by atoms with Crippen LogP contribution in [0.25, 0.3) is 26.7 Å². The minimum Gasteiger partial charge on any atom is -0.508 e. The van der Waals surface area contributed by atoms with Gasteiger partial charge in [0.05, 0.1) is 21.8 Å². The molecule has 0 bridgehead atoms. The van der Waals surface area contributed by atoms with Crippen LogP contribution in [0.5, 0.6) is 5.75 Å². The van der Waals surface area contributed by atoms with E-state index in [9.17, 15) is 19.8 Å². The highest BCUT2D eigenvalue weighted by molar-refractivity contribution is 7.22. The molecule has 1 fully saturated rings. The van der Waals surface area contributed by atoms with Crippen molar-refractivity contribution in [2.45, 2.75) is 19.9 Å². The summed E-state index contributed by atoms with van der Waals surface area (Å²) in [6.45, 7) is 4.02. The Hall–Kier alpha value is -4.49. The Kier molecular flexibility index (Phi) is 5.31. The summed E-state index contributed by atoms with van der Waals surface area (Å²) in [4.78, 5) is 33.1. The first-order valence-corrected chi connectivity index (χ1v) is 12.6. The van der Waals surface area contributed by atoms with Crippen LogP contribution in [0.4, 0.5) is 5.13 Å². The number of hydrogen-bond donors (Lipinski definition) is 2. The average Bonchev–Trinajstić information content (AvgIpc) is 3.41. The molecule has 4 aromatic carbocycles. The number of benzene rings is 4. The number of carbonyl (C=O) groups excluding carboxylic acids is 2. The molecule has 2 heterocycles. The molecule has 1 aromatic heterocycles. The van der Waals surface area contributed by atoms with Gasteiger partial charge in [-0.05, 0) is 65.6 Å². The maximum atomic E-state index is 13.5. The lowest BCUT2D eigenvalue weighted by Crippen LogP contribution is -2.29. The molecule has 182 valence electrons. The van der Waals surface area contributed by atoms with Crippen molar-refractivity contribution in [2.24, 2.45) is 0 Å². The molecule has 2 N–H and O–H groups in total. The zero-order valence-corrected chi connectivity index (χ0v) is 20.9. The molecule has 1 atom stereocenters. The van der Waals surface area contributed by atoms with Crippen molar-refractivity contribution in [3.63, 3.8) is 0 Å². The van der Waals surface area contributed by atoms with E-state index in [1.165, 1.54) is 28.4 Å². The van der Waals surface area contributed by atoms with E-state index in [1.54, 1.807) is 24.3 Å². The van der Waals surface area contributed by atoms with Crippen molar-refractivity contribution >= 4 is 54.9 Å². The fourth-order valence-corrected chi connectivity index (χ4v) is 5.92. The lowest BCUT2D eigenvalue weighted by molar-refractivity contribution is -0.132. The summed E-state index contributed by atoms with van der Waals surface area (Å²) in [6.07, 6.45) is 0. The van der Waals surface area contributed by atoms with Crippen LogP contribution >= 0.6 is 11.3 Å². The van der Waals surface area contributed by atoms with Gasteiger partial charge in [-0.25, -0.2) is 4.98 Å². The van der Waals surface area contributed by atoms with Crippen molar-refractivity contribution in [3.8, 4) is 5.75 Å². The van der Waals surface area contributed by atoms with E-state index < -0.39 is 17.7 Å². The van der Waals surface area contributed by atoms with Crippen LogP contribution in [0.3, 0.4) is 0 Å². The third-order valence-corrected chi connectivity index (χ3v) is 7.91. The van der Waals surface area contributed by atoms with Crippen molar-refractivity contribution in [3.05, 3.63) is 107 Å². The molecule has 1 amide bonds. The normalized spacial score (nSPS) is 17.2. The van der Waals surface area contributed by atoms with Crippen molar-refractivity contribution in [1.29, 1.82) is 0 Å². The number of fused-ring (bicyclic) bond motifs is 2. The van der Waals surface area contributed by atoms with Gasteiger partial charge in [-0.3, -0.25) is 14.5 Å². The predicted molar refractivity (Wildman–Crippen MR) is 146 cm³/mol. The Balaban J connectivity index is 1.60. The molecular weight excluding hydrogens is 484 g/mol. The van der Waals surface area contributed by atoms with Crippen LogP contribution in [0.1, 0.15) is 28.3 Å². The number of hydrogen-bond acceptors (Lipinski definition) is 6. The first-order chi connectivity index (χ1) is 17.8. The summed E-state index contributed by atoms with van der Waals surface area (Å²) in [5, 5.41) is 23.5. The third-order valence-electron chi connectivity index (χ3n) is 6.90. The van der Waals surface area contributed by atoms with Gasteiger partial charge in [-0.1, -0.05) is 65.9 Å². The highest BCUT2D eigenvalue weighted by atomic mass is 32.1. The standard InChI is InChI=1S/C30H22N2O4S/c1-16-14-23-24(15-17(16)2)37-30(31-23)32-26(19-10-12-20(33)13-11-19)25(28(35)29(32)36)27(34)22-9-5-7-18-6-3-4-8-21(18)22/h3-15,26,33-34H,1-2H3/b27-25+. The summed E-state index contributed by atoms with van der Waals surface area (Å²) in [5.41, 5.74) is 3.95. The molecule has 7 heteroatoms.